The second kappa shape index (κ2) is 5.45. The molecule has 0 radical (unpaired) electrons. The van der Waals surface area contributed by atoms with Gasteiger partial charge in [-0.1, -0.05) is 6.92 Å². The van der Waals surface area contributed by atoms with Gasteiger partial charge in [0.1, 0.15) is 5.76 Å². The second-order valence-electron chi connectivity index (χ2n) is 3.34. The van der Waals surface area contributed by atoms with Crippen LogP contribution in [0.5, 0.6) is 0 Å². The van der Waals surface area contributed by atoms with E-state index in [1.165, 1.54) is 17.4 Å². The highest BCUT2D eigenvalue weighted by Gasteiger charge is 2.02. The molecule has 4 nitrogen and oxygen atoms in total. The molecule has 0 aliphatic heterocycles. The minimum absolute atomic E-state index is 0.210. The summed E-state index contributed by atoms with van der Waals surface area (Å²) >= 11 is 1.43. The van der Waals surface area contributed by atoms with Gasteiger partial charge >= 0.3 is 0 Å². The maximum Gasteiger partial charge on any atom is 0.250 e. The summed E-state index contributed by atoms with van der Waals surface area (Å²) in [4.78, 5) is 15.8. The summed E-state index contributed by atoms with van der Waals surface area (Å²) in [5, 5.41) is 5.26. The highest BCUT2D eigenvalue weighted by Crippen LogP contribution is 2.15. The monoisotopic (exact) mass is 248 g/mol. The number of furan rings is 1. The van der Waals surface area contributed by atoms with Gasteiger partial charge in [-0.05, 0) is 24.6 Å². The molecule has 2 rings (SSSR count). The van der Waals surface area contributed by atoms with E-state index in [0.717, 1.165) is 12.1 Å². The summed E-state index contributed by atoms with van der Waals surface area (Å²) in [6.45, 7) is 2.03. The van der Waals surface area contributed by atoms with Crippen molar-refractivity contribution in [3.8, 4) is 0 Å². The number of amides is 1. The Morgan fingerprint density at radius 2 is 2.53 bits per heavy atom. The first-order valence-electron chi connectivity index (χ1n) is 5.25. The SMILES string of the molecule is CCc1csc(NC(=O)/C=C/c2ccco2)n1. The number of carbonyl (C=O) groups is 1. The molecule has 0 spiro atoms. The summed E-state index contributed by atoms with van der Waals surface area (Å²) in [5.74, 6) is 0.437. The molecular weight excluding hydrogens is 236 g/mol. The van der Waals surface area contributed by atoms with E-state index in [2.05, 4.69) is 10.3 Å². The molecule has 1 N–H and O–H groups in total. The fourth-order valence-corrected chi connectivity index (χ4v) is 2.01. The predicted molar refractivity (Wildman–Crippen MR) is 67.9 cm³/mol. The largest absolute Gasteiger partial charge is 0.465 e. The zero-order valence-corrected chi connectivity index (χ0v) is 10.2. The van der Waals surface area contributed by atoms with Crippen molar-refractivity contribution in [3.05, 3.63) is 41.3 Å². The first-order chi connectivity index (χ1) is 8.28. The quantitative estimate of drug-likeness (QED) is 0.846. The van der Waals surface area contributed by atoms with Gasteiger partial charge in [0, 0.05) is 11.5 Å². The van der Waals surface area contributed by atoms with Gasteiger partial charge in [0.15, 0.2) is 5.13 Å². The predicted octanol–water partition coefficient (Wildman–Crippen LogP) is 2.95. The number of hydrogen-bond donors (Lipinski definition) is 1. The molecule has 2 heterocycles. The fourth-order valence-electron chi connectivity index (χ4n) is 1.22. The number of nitrogens with zero attached hydrogens (tertiary/aromatic N) is 1. The van der Waals surface area contributed by atoms with Gasteiger partial charge in [-0.15, -0.1) is 11.3 Å². The molecule has 0 aliphatic carbocycles. The third kappa shape index (κ3) is 3.29. The van der Waals surface area contributed by atoms with E-state index in [-0.39, 0.29) is 5.91 Å². The second-order valence-corrected chi connectivity index (χ2v) is 4.19. The topological polar surface area (TPSA) is 55.1 Å². The molecule has 0 saturated carbocycles. The molecule has 88 valence electrons. The van der Waals surface area contributed by atoms with E-state index in [4.69, 9.17) is 4.42 Å². The van der Waals surface area contributed by atoms with Crippen LogP contribution in [0.15, 0.2) is 34.3 Å². The van der Waals surface area contributed by atoms with E-state index in [1.807, 2.05) is 12.3 Å². The summed E-state index contributed by atoms with van der Waals surface area (Å²) < 4.78 is 5.08. The molecular formula is C12H12N2O2S. The minimum atomic E-state index is -0.210. The Morgan fingerprint density at radius 3 is 3.18 bits per heavy atom. The molecule has 0 fully saturated rings. The van der Waals surface area contributed by atoms with Crippen LogP contribution in [0.4, 0.5) is 5.13 Å². The van der Waals surface area contributed by atoms with Gasteiger partial charge in [0.2, 0.25) is 5.91 Å². The Kier molecular flexibility index (Phi) is 3.72. The Hall–Kier alpha value is -1.88. The molecule has 2 aromatic heterocycles. The molecule has 0 aliphatic rings. The van der Waals surface area contributed by atoms with Gasteiger partial charge in [-0.2, -0.15) is 0 Å². The van der Waals surface area contributed by atoms with E-state index in [0.29, 0.717) is 10.9 Å². The van der Waals surface area contributed by atoms with Gasteiger partial charge in [0.05, 0.1) is 12.0 Å². The third-order valence-electron chi connectivity index (χ3n) is 2.09. The van der Waals surface area contributed by atoms with Crippen molar-refractivity contribution in [2.24, 2.45) is 0 Å². The third-order valence-corrected chi connectivity index (χ3v) is 2.89. The lowest BCUT2D eigenvalue weighted by Gasteiger charge is -1.94. The highest BCUT2D eigenvalue weighted by atomic mass is 32.1. The van der Waals surface area contributed by atoms with Crippen molar-refractivity contribution in [3.63, 3.8) is 0 Å². The van der Waals surface area contributed by atoms with Crippen molar-refractivity contribution in [2.45, 2.75) is 13.3 Å². The lowest BCUT2D eigenvalue weighted by atomic mass is 10.4. The van der Waals surface area contributed by atoms with Gasteiger partial charge in [-0.3, -0.25) is 10.1 Å². The molecule has 2 aromatic rings. The number of hydrogen-bond acceptors (Lipinski definition) is 4. The van der Waals surface area contributed by atoms with E-state index >= 15 is 0 Å². The number of aryl methyl sites for hydroxylation is 1. The van der Waals surface area contributed by atoms with Crippen molar-refractivity contribution >= 4 is 28.5 Å². The van der Waals surface area contributed by atoms with Crippen LogP contribution in [0.3, 0.4) is 0 Å². The smallest absolute Gasteiger partial charge is 0.250 e. The number of carbonyl (C=O) groups excluding carboxylic acids is 1. The minimum Gasteiger partial charge on any atom is -0.465 e. The molecule has 1 amide bonds. The Bertz CT molecular complexity index is 514. The molecule has 5 heteroatoms. The van der Waals surface area contributed by atoms with Crippen LogP contribution >= 0.6 is 11.3 Å². The number of thiazole rings is 1. The average molecular weight is 248 g/mol. The number of rotatable bonds is 4. The lowest BCUT2D eigenvalue weighted by molar-refractivity contribution is -0.111. The van der Waals surface area contributed by atoms with E-state index in [9.17, 15) is 4.79 Å². The van der Waals surface area contributed by atoms with Crippen molar-refractivity contribution in [2.75, 3.05) is 5.32 Å². The molecule has 0 atom stereocenters. The van der Waals surface area contributed by atoms with Crippen molar-refractivity contribution < 1.29 is 9.21 Å². The molecule has 0 bridgehead atoms. The maximum atomic E-state index is 11.5. The number of nitrogens with one attached hydrogen (secondary N) is 1. The standard InChI is InChI=1S/C12H12N2O2S/c1-2-9-8-17-12(13-9)14-11(15)6-5-10-4-3-7-16-10/h3-8H,2H2,1H3,(H,13,14,15)/b6-5+. The zero-order chi connectivity index (χ0) is 12.1. The number of aromatic nitrogens is 1. The lowest BCUT2D eigenvalue weighted by Crippen LogP contribution is -2.07. The summed E-state index contributed by atoms with van der Waals surface area (Å²) in [6, 6.07) is 3.55. The van der Waals surface area contributed by atoms with Crippen LogP contribution in [0.1, 0.15) is 18.4 Å². The fraction of sp³-hybridized carbons (Fsp3) is 0.167. The highest BCUT2D eigenvalue weighted by molar-refractivity contribution is 7.13. The van der Waals surface area contributed by atoms with Gasteiger partial charge in [-0.25, -0.2) is 4.98 Å². The van der Waals surface area contributed by atoms with Crippen LogP contribution < -0.4 is 5.32 Å². The Labute approximate surface area is 103 Å². The summed E-state index contributed by atoms with van der Waals surface area (Å²) in [6.07, 6.45) is 5.47. The molecule has 17 heavy (non-hydrogen) atoms. The first-order valence-corrected chi connectivity index (χ1v) is 6.13. The van der Waals surface area contributed by atoms with E-state index in [1.54, 1.807) is 24.5 Å². The van der Waals surface area contributed by atoms with Crippen molar-refractivity contribution in [1.29, 1.82) is 0 Å². The molecule has 0 aromatic carbocycles. The normalized spacial score (nSPS) is 10.9. The molecule has 0 saturated heterocycles. The van der Waals surface area contributed by atoms with Crippen LogP contribution in [0.2, 0.25) is 0 Å². The summed E-state index contributed by atoms with van der Waals surface area (Å²) in [5.41, 5.74) is 0.986. The zero-order valence-electron chi connectivity index (χ0n) is 9.34. The average Bonchev–Trinajstić information content (AvgIpc) is 2.97. The van der Waals surface area contributed by atoms with Crippen LogP contribution in [-0.4, -0.2) is 10.9 Å². The summed E-state index contributed by atoms with van der Waals surface area (Å²) in [7, 11) is 0. The molecule has 0 unspecified atom stereocenters. The van der Waals surface area contributed by atoms with Crippen LogP contribution in [0.25, 0.3) is 6.08 Å². The van der Waals surface area contributed by atoms with Gasteiger partial charge < -0.3 is 4.42 Å². The number of anilines is 1. The maximum absolute atomic E-state index is 11.5. The Morgan fingerprint density at radius 1 is 1.65 bits per heavy atom. The van der Waals surface area contributed by atoms with Crippen LogP contribution in [0, 0.1) is 0 Å². The van der Waals surface area contributed by atoms with Crippen molar-refractivity contribution in [1.82, 2.24) is 4.98 Å². The first kappa shape index (κ1) is 11.6. The van der Waals surface area contributed by atoms with Crippen LogP contribution in [-0.2, 0) is 11.2 Å². The van der Waals surface area contributed by atoms with E-state index < -0.39 is 0 Å². The van der Waals surface area contributed by atoms with Gasteiger partial charge in [0.25, 0.3) is 0 Å². The Balaban J connectivity index is 1.93.